The minimum Gasteiger partial charge on any atom is -0.503 e. The summed E-state index contributed by atoms with van der Waals surface area (Å²) in [7, 11) is 0. The number of carbonyl (C=O) groups excluding carboxylic acids is 3. The third-order valence-electron chi connectivity index (χ3n) is 3.72. The highest BCUT2D eigenvalue weighted by molar-refractivity contribution is 9.10. The highest BCUT2D eigenvalue weighted by Crippen LogP contribution is 2.38. The van der Waals surface area contributed by atoms with E-state index in [0.717, 1.165) is 16.7 Å². The van der Waals surface area contributed by atoms with Gasteiger partial charge in [-0.3, -0.25) is 19.3 Å². The fraction of sp³-hybridized carbons (Fsp3) is 0.389. The molecule has 0 unspecified atom stereocenters. The standard InChI is InChI=1S/C18H20BrNO6S/c1-4-10(3)26-15(21)9-20-17(23)14(27-18(20)24)8-11-6-12(19)16(22)13(7-11)25-5-2/h6-8,10,22H,4-5,9H2,1-3H3/b14-8+/t10-/m0/s1. The smallest absolute Gasteiger partial charge is 0.326 e. The Balaban J connectivity index is 2.20. The Hall–Kier alpha value is -2.00. The molecule has 1 aliphatic rings. The molecule has 1 saturated heterocycles. The number of carbonyl (C=O) groups is 3. The topological polar surface area (TPSA) is 93.1 Å². The third-order valence-corrected chi connectivity index (χ3v) is 5.23. The zero-order valence-corrected chi connectivity index (χ0v) is 17.6. The number of nitrogens with zero attached hydrogens (tertiary/aromatic N) is 1. The van der Waals surface area contributed by atoms with Crippen molar-refractivity contribution in [3.63, 3.8) is 0 Å². The van der Waals surface area contributed by atoms with E-state index in [4.69, 9.17) is 9.47 Å². The second kappa shape index (κ2) is 9.27. The average molecular weight is 458 g/mol. The molecule has 0 aromatic heterocycles. The lowest BCUT2D eigenvalue weighted by molar-refractivity contribution is -0.150. The molecule has 7 nitrogen and oxygen atoms in total. The maximum Gasteiger partial charge on any atom is 0.326 e. The number of halogens is 1. The summed E-state index contributed by atoms with van der Waals surface area (Å²) in [5, 5.41) is 9.43. The molecule has 2 amide bonds. The molecule has 0 saturated carbocycles. The van der Waals surface area contributed by atoms with E-state index in [1.807, 2.05) is 6.92 Å². The lowest BCUT2D eigenvalue weighted by Gasteiger charge is -2.14. The van der Waals surface area contributed by atoms with Crippen LogP contribution in [0.25, 0.3) is 6.08 Å². The predicted molar refractivity (Wildman–Crippen MR) is 105 cm³/mol. The summed E-state index contributed by atoms with van der Waals surface area (Å²) in [5.41, 5.74) is 0.566. The lowest BCUT2D eigenvalue weighted by atomic mass is 10.2. The summed E-state index contributed by atoms with van der Waals surface area (Å²) in [6, 6.07) is 3.16. The Labute approximate surface area is 169 Å². The van der Waals surface area contributed by atoms with Crippen LogP contribution in [0.2, 0.25) is 0 Å². The number of aromatic hydroxyl groups is 1. The Kier molecular flexibility index (Phi) is 7.32. The van der Waals surface area contributed by atoms with Gasteiger partial charge in [-0.15, -0.1) is 0 Å². The van der Waals surface area contributed by atoms with Gasteiger partial charge in [0.05, 0.1) is 22.1 Å². The molecule has 1 aromatic carbocycles. The molecule has 1 aliphatic heterocycles. The number of amides is 2. The predicted octanol–water partition coefficient (Wildman–Crippen LogP) is 3.93. The number of imide groups is 1. The number of benzene rings is 1. The molecule has 146 valence electrons. The van der Waals surface area contributed by atoms with Crippen LogP contribution in [0.4, 0.5) is 4.79 Å². The molecule has 0 radical (unpaired) electrons. The normalized spacial score (nSPS) is 16.7. The van der Waals surface area contributed by atoms with Crippen molar-refractivity contribution in [3.8, 4) is 11.5 Å². The van der Waals surface area contributed by atoms with E-state index in [1.54, 1.807) is 26.0 Å². The van der Waals surface area contributed by atoms with Crippen LogP contribution in [0, 0.1) is 0 Å². The SMILES string of the molecule is CCOc1cc(/C=C2/SC(=O)N(CC(=O)O[C@@H](C)CC)C2=O)cc(Br)c1O. The van der Waals surface area contributed by atoms with Crippen LogP contribution < -0.4 is 4.74 Å². The van der Waals surface area contributed by atoms with Crippen LogP contribution >= 0.6 is 27.7 Å². The van der Waals surface area contributed by atoms with Crippen LogP contribution in [0.1, 0.15) is 32.8 Å². The molecule has 1 heterocycles. The van der Waals surface area contributed by atoms with Gasteiger partial charge in [0, 0.05) is 0 Å². The monoisotopic (exact) mass is 457 g/mol. The second-order valence-corrected chi connectivity index (χ2v) is 7.61. The van der Waals surface area contributed by atoms with Crippen LogP contribution in [-0.4, -0.2) is 46.4 Å². The summed E-state index contributed by atoms with van der Waals surface area (Å²) in [4.78, 5) is 37.5. The fourth-order valence-corrected chi connectivity index (χ4v) is 3.50. The highest BCUT2D eigenvalue weighted by atomic mass is 79.9. The highest BCUT2D eigenvalue weighted by Gasteiger charge is 2.37. The van der Waals surface area contributed by atoms with Crippen molar-refractivity contribution in [2.24, 2.45) is 0 Å². The van der Waals surface area contributed by atoms with E-state index in [0.29, 0.717) is 23.1 Å². The van der Waals surface area contributed by atoms with E-state index in [-0.39, 0.29) is 22.5 Å². The number of phenols is 1. The number of phenolic OH excluding ortho intramolecular Hbond substituents is 1. The van der Waals surface area contributed by atoms with Crippen molar-refractivity contribution in [2.45, 2.75) is 33.3 Å². The van der Waals surface area contributed by atoms with Crippen LogP contribution in [0.15, 0.2) is 21.5 Å². The molecule has 2 rings (SSSR count). The number of esters is 1. The first-order chi connectivity index (χ1) is 12.8. The average Bonchev–Trinajstić information content (AvgIpc) is 2.86. The molecule has 0 aliphatic carbocycles. The Bertz CT molecular complexity index is 794. The van der Waals surface area contributed by atoms with Gasteiger partial charge in [0.2, 0.25) is 0 Å². The first-order valence-electron chi connectivity index (χ1n) is 8.36. The van der Waals surface area contributed by atoms with Gasteiger partial charge in [-0.05, 0) is 71.7 Å². The van der Waals surface area contributed by atoms with Crippen molar-refractivity contribution in [3.05, 3.63) is 27.1 Å². The molecular formula is C18H20BrNO6S. The zero-order valence-electron chi connectivity index (χ0n) is 15.2. The molecule has 0 spiro atoms. The van der Waals surface area contributed by atoms with Crippen LogP contribution in [-0.2, 0) is 14.3 Å². The number of rotatable bonds is 7. The van der Waals surface area contributed by atoms with Gasteiger partial charge in [-0.25, -0.2) is 0 Å². The Morgan fingerprint density at radius 3 is 2.70 bits per heavy atom. The number of thioether (sulfide) groups is 1. The first-order valence-corrected chi connectivity index (χ1v) is 9.97. The van der Waals surface area contributed by atoms with Gasteiger partial charge in [0.15, 0.2) is 11.5 Å². The molecule has 1 aromatic rings. The van der Waals surface area contributed by atoms with Gasteiger partial charge in [0.1, 0.15) is 6.54 Å². The number of hydrogen-bond donors (Lipinski definition) is 1. The van der Waals surface area contributed by atoms with Gasteiger partial charge >= 0.3 is 5.97 Å². The quantitative estimate of drug-likeness (QED) is 0.489. The van der Waals surface area contributed by atoms with Crippen LogP contribution in [0.3, 0.4) is 0 Å². The largest absolute Gasteiger partial charge is 0.503 e. The van der Waals surface area contributed by atoms with Crippen molar-refractivity contribution >= 4 is 50.9 Å². The molecule has 9 heteroatoms. The second-order valence-electron chi connectivity index (χ2n) is 5.76. The maximum absolute atomic E-state index is 12.5. The number of hydrogen-bond acceptors (Lipinski definition) is 7. The van der Waals surface area contributed by atoms with E-state index in [2.05, 4.69) is 15.9 Å². The minimum absolute atomic E-state index is 0.0464. The van der Waals surface area contributed by atoms with E-state index in [1.165, 1.54) is 6.08 Å². The van der Waals surface area contributed by atoms with Crippen LogP contribution in [0.5, 0.6) is 11.5 Å². The molecule has 1 N–H and O–H groups in total. The summed E-state index contributed by atoms with van der Waals surface area (Å²) in [6.07, 6.45) is 1.88. The molecule has 0 bridgehead atoms. The van der Waals surface area contributed by atoms with Crippen molar-refractivity contribution in [2.75, 3.05) is 13.2 Å². The van der Waals surface area contributed by atoms with E-state index in [9.17, 15) is 19.5 Å². The van der Waals surface area contributed by atoms with Gasteiger partial charge < -0.3 is 14.6 Å². The van der Waals surface area contributed by atoms with E-state index < -0.39 is 23.7 Å². The lowest BCUT2D eigenvalue weighted by Crippen LogP contribution is -2.35. The fourth-order valence-electron chi connectivity index (χ4n) is 2.20. The maximum atomic E-state index is 12.5. The summed E-state index contributed by atoms with van der Waals surface area (Å²) >= 11 is 3.97. The molecule has 27 heavy (non-hydrogen) atoms. The molecule has 1 fully saturated rings. The van der Waals surface area contributed by atoms with Gasteiger partial charge in [0.25, 0.3) is 11.1 Å². The van der Waals surface area contributed by atoms with E-state index >= 15 is 0 Å². The summed E-state index contributed by atoms with van der Waals surface area (Å²) in [6.45, 7) is 5.33. The third kappa shape index (κ3) is 5.26. The summed E-state index contributed by atoms with van der Waals surface area (Å²) < 4.78 is 10.9. The van der Waals surface area contributed by atoms with Gasteiger partial charge in [-0.1, -0.05) is 6.92 Å². The molecule has 1 atom stereocenters. The Morgan fingerprint density at radius 2 is 2.07 bits per heavy atom. The van der Waals surface area contributed by atoms with Crippen molar-refractivity contribution in [1.29, 1.82) is 0 Å². The first kappa shape index (κ1) is 21.3. The zero-order chi connectivity index (χ0) is 20.1. The summed E-state index contributed by atoms with van der Waals surface area (Å²) in [5.74, 6) is -0.975. The van der Waals surface area contributed by atoms with Crippen molar-refractivity contribution < 1.29 is 29.0 Å². The minimum atomic E-state index is -0.626. The molecular weight excluding hydrogens is 438 g/mol. The van der Waals surface area contributed by atoms with Gasteiger partial charge in [-0.2, -0.15) is 0 Å². The number of ether oxygens (including phenoxy) is 2. The van der Waals surface area contributed by atoms with Crippen molar-refractivity contribution in [1.82, 2.24) is 4.90 Å². The Morgan fingerprint density at radius 1 is 1.37 bits per heavy atom.